The molecule has 0 amide bonds. The van der Waals surface area contributed by atoms with Gasteiger partial charge in [0.1, 0.15) is 6.54 Å². The maximum Gasteiger partial charge on any atom is 0.321 e. The summed E-state index contributed by atoms with van der Waals surface area (Å²) in [6.07, 6.45) is 0. The first-order valence-corrected chi connectivity index (χ1v) is 9.71. The summed E-state index contributed by atoms with van der Waals surface area (Å²) in [6.45, 7) is 2.11. The zero-order valence-corrected chi connectivity index (χ0v) is 16.4. The molecule has 0 unspecified atom stereocenters. The van der Waals surface area contributed by atoms with Crippen molar-refractivity contribution in [3.8, 4) is 5.75 Å². The first kappa shape index (κ1) is 21.5. The van der Waals surface area contributed by atoms with Crippen LogP contribution < -0.4 is 9.46 Å². The van der Waals surface area contributed by atoms with E-state index < -0.39 is 40.7 Å². The number of hydrogen-bond donors (Lipinski definition) is 1. The van der Waals surface area contributed by atoms with Gasteiger partial charge in [0.25, 0.3) is 0 Å². The van der Waals surface area contributed by atoms with Crippen LogP contribution in [0.3, 0.4) is 0 Å². The van der Waals surface area contributed by atoms with Gasteiger partial charge in [-0.2, -0.15) is 4.72 Å². The summed E-state index contributed by atoms with van der Waals surface area (Å²) in [6, 6.07) is 8.51. The Morgan fingerprint density at radius 1 is 1.11 bits per heavy atom. The molecule has 7 nitrogen and oxygen atoms in total. The van der Waals surface area contributed by atoms with Gasteiger partial charge in [-0.15, -0.1) is 0 Å². The van der Waals surface area contributed by atoms with Gasteiger partial charge in [-0.3, -0.25) is 9.59 Å². The van der Waals surface area contributed by atoms with Crippen molar-refractivity contribution in [1.29, 1.82) is 0 Å². The highest BCUT2D eigenvalue weighted by Crippen LogP contribution is 2.18. The van der Waals surface area contributed by atoms with Gasteiger partial charge in [0, 0.05) is 5.56 Å². The lowest BCUT2D eigenvalue weighted by Crippen LogP contribution is -2.32. The summed E-state index contributed by atoms with van der Waals surface area (Å²) < 4.78 is 49.9. The fraction of sp³-hybridized carbons (Fsp3) is 0.263. The molecular weight excluding hydrogens is 389 g/mol. The van der Waals surface area contributed by atoms with E-state index in [-0.39, 0.29) is 16.2 Å². The van der Waals surface area contributed by atoms with Crippen molar-refractivity contribution in [3.05, 3.63) is 58.9 Å². The van der Waals surface area contributed by atoms with Crippen LogP contribution in [0.4, 0.5) is 4.39 Å². The number of rotatable bonds is 8. The Morgan fingerprint density at radius 2 is 1.82 bits per heavy atom. The first-order chi connectivity index (χ1) is 13.1. The monoisotopic (exact) mass is 409 g/mol. The average Bonchev–Trinajstić information content (AvgIpc) is 2.66. The second-order valence-electron chi connectivity index (χ2n) is 6.03. The minimum Gasteiger partial charge on any atom is -0.494 e. The van der Waals surface area contributed by atoms with Crippen LogP contribution in [0.2, 0.25) is 0 Å². The largest absolute Gasteiger partial charge is 0.494 e. The van der Waals surface area contributed by atoms with Crippen molar-refractivity contribution in [3.63, 3.8) is 0 Å². The van der Waals surface area contributed by atoms with Crippen LogP contribution >= 0.6 is 0 Å². The van der Waals surface area contributed by atoms with E-state index in [4.69, 9.17) is 9.47 Å². The van der Waals surface area contributed by atoms with E-state index in [0.717, 1.165) is 11.6 Å². The summed E-state index contributed by atoms with van der Waals surface area (Å²) in [5.41, 5.74) is 1.29. The SMILES string of the molecule is COc1ccc(C(=O)COC(=O)CNS(=O)(=O)c2cc(C)ccc2C)cc1F. The van der Waals surface area contributed by atoms with Crippen LogP contribution in [-0.4, -0.2) is 40.4 Å². The number of esters is 1. The molecule has 2 aromatic rings. The normalized spacial score (nSPS) is 11.1. The van der Waals surface area contributed by atoms with E-state index in [2.05, 4.69) is 4.72 Å². The second kappa shape index (κ2) is 8.94. The molecule has 0 atom stereocenters. The number of ketones is 1. The quantitative estimate of drug-likeness (QED) is 0.530. The van der Waals surface area contributed by atoms with E-state index >= 15 is 0 Å². The molecule has 0 bridgehead atoms. The molecule has 0 aliphatic rings. The lowest BCUT2D eigenvalue weighted by molar-refractivity contribution is -0.141. The highest BCUT2D eigenvalue weighted by molar-refractivity contribution is 7.89. The first-order valence-electron chi connectivity index (χ1n) is 8.23. The minimum atomic E-state index is -3.91. The number of Topliss-reactive ketones (excluding diaryl/α,β-unsaturated/α-hetero) is 1. The number of carbonyl (C=O) groups is 2. The number of nitrogens with one attached hydrogen (secondary N) is 1. The molecule has 0 heterocycles. The van der Waals surface area contributed by atoms with Crippen molar-refractivity contribution in [2.45, 2.75) is 18.7 Å². The number of methoxy groups -OCH3 is 1. The maximum atomic E-state index is 13.6. The zero-order valence-electron chi connectivity index (χ0n) is 15.6. The smallest absolute Gasteiger partial charge is 0.321 e. The molecule has 2 rings (SSSR count). The van der Waals surface area contributed by atoms with Crippen molar-refractivity contribution < 1.29 is 31.9 Å². The Balaban J connectivity index is 1.93. The summed E-state index contributed by atoms with van der Waals surface area (Å²) in [7, 11) is -2.62. The van der Waals surface area contributed by atoms with Gasteiger partial charge in [-0.05, 0) is 49.2 Å². The Morgan fingerprint density at radius 3 is 2.46 bits per heavy atom. The molecule has 2 aromatic carbocycles. The average molecular weight is 409 g/mol. The van der Waals surface area contributed by atoms with Crippen LogP contribution in [-0.2, 0) is 19.6 Å². The maximum absolute atomic E-state index is 13.6. The molecule has 0 saturated heterocycles. The molecule has 0 aliphatic carbocycles. The Labute approximate surface area is 162 Å². The van der Waals surface area contributed by atoms with E-state index in [1.54, 1.807) is 26.0 Å². The predicted octanol–water partition coefficient (Wildman–Crippen LogP) is 2.16. The van der Waals surface area contributed by atoms with Gasteiger partial charge in [-0.1, -0.05) is 12.1 Å². The van der Waals surface area contributed by atoms with Gasteiger partial charge in [0.05, 0.1) is 12.0 Å². The van der Waals surface area contributed by atoms with Gasteiger partial charge < -0.3 is 9.47 Å². The summed E-state index contributed by atoms with van der Waals surface area (Å²) >= 11 is 0. The molecule has 28 heavy (non-hydrogen) atoms. The number of halogens is 1. The summed E-state index contributed by atoms with van der Waals surface area (Å²) in [5.74, 6) is -2.31. The lowest BCUT2D eigenvalue weighted by atomic mass is 10.1. The molecule has 0 aromatic heterocycles. The van der Waals surface area contributed by atoms with E-state index in [9.17, 15) is 22.4 Å². The van der Waals surface area contributed by atoms with Crippen molar-refractivity contribution in [2.24, 2.45) is 0 Å². The summed E-state index contributed by atoms with van der Waals surface area (Å²) in [5, 5.41) is 0. The second-order valence-corrected chi connectivity index (χ2v) is 7.76. The topological polar surface area (TPSA) is 98.8 Å². The number of carbonyl (C=O) groups excluding carboxylic acids is 2. The third-order valence-electron chi connectivity index (χ3n) is 3.88. The molecule has 150 valence electrons. The van der Waals surface area contributed by atoms with Crippen LogP contribution in [0.15, 0.2) is 41.3 Å². The number of benzene rings is 2. The fourth-order valence-electron chi connectivity index (χ4n) is 2.35. The van der Waals surface area contributed by atoms with Gasteiger partial charge in [0.15, 0.2) is 24.0 Å². The molecule has 0 fully saturated rings. The van der Waals surface area contributed by atoms with Crippen LogP contribution in [0.25, 0.3) is 0 Å². The Hall–Kier alpha value is -2.78. The third-order valence-corrected chi connectivity index (χ3v) is 5.42. The van der Waals surface area contributed by atoms with Gasteiger partial charge in [0.2, 0.25) is 10.0 Å². The molecular formula is C19H20FNO6S. The standard InChI is InChI=1S/C19H20FNO6S/c1-12-4-5-13(2)18(8-12)28(24,25)21-10-19(23)27-11-16(22)14-6-7-17(26-3)15(20)9-14/h4-9,21H,10-11H2,1-3H3. The molecule has 0 saturated carbocycles. The van der Waals surface area contributed by atoms with Crippen LogP contribution in [0.5, 0.6) is 5.75 Å². The van der Waals surface area contributed by atoms with E-state index in [1.807, 2.05) is 0 Å². The highest BCUT2D eigenvalue weighted by Gasteiger charge is 2.19. The Bertz CT molecular complexity index is 1000. The lowest BCUT2D eigenvalue weighted by Gasteiger charge is -2.10. The number of ether oxygens (including phenoxy) is 2. The van der Waals surface area contributed by atoms with Gasteiger partial charge in [-0.25, -0.2) is 12.8 Å². The third kappa shape index (κ3) is 5.37. The fourth-order valence-corrected chi connectivity index (χ4v) is 3.65. The number of hydrogen-bond acceptors (Lipinski definition) is 6. The minimum absolute atomic E-state index is 0.00191. The van der Waals surface area contributed by atoms with E-state index in [1.165, 1.54) is 25.3 Å². The Kier molecular flexibility index (Phi) is 6.87. The molecule has 9 heteroatoms. The van der Waals surface area contributed by atoms with Crippen LogP contribution in [0, 0.1) is 19.7 Å². The molecule has 0 spiro atoms. The van der Waals surface area contributed by atoms with Gasteiger partial charge >= 0.3 is 5.97 Å². The van der Waals surface area contributed by atoms with Crippen LogP contribution in [0.1, 0.15) is 21.5 Å². The predicted molar refractivity (Wildman–Crippen MR) is 99.3 cm³/mol. The van der Waals surface area contributed by atoms with E-state index in [0.29, 0.717) is 5.56 Å². The molecule has 1 N–H and O–H groups in total. The molecule has 0 radical (unpaired) electrons. The van der Waals surface area contributed by atoms with Crippen molar-refractivity contribution >= 4 is 21.8 Å². The van der Waals surface area contributed by atoms with Crippen molar-refractivity contribution in [1.82, 2.24) is 4.72 Å². The molecule has 0 aliphatic heterocycles. The number of aryl methyl sites for hydroxylation is 2. The van der Waals surface area contributed by atoms with Crippen molar-refractivity contribution in [2.75, 3.05) is 20.3 Å². The zero-order chi connectivity index (χ0) is 20.9. The highest BCUT2D eigenvalue weighted by atomic mass is 32.2. The summed E-state index contributed by atoms with van der Waals surface area (Å²) in [4.78, 5) is 23.8. The number of sulfonamides is 1.